The Hall–Kier alpha value is -2.52. The number of anilines is 2. The largest absolute Gasteiger partial charge is 0.462 e. The molecule has 9 heteroatoms. The van der Waals surface area contributed by atoms with Crippen LogP contribution in [0.25, 0.3) is 0 Å². The summed E-state index contributed by atoms with van der Waals surface area (Å²) in [6.07, 6.45) is 4.18. The summed E-state index contributed by atoms with van der Waals surface area (Å²) in [6, 6.07) is 1.80. The van der Waals surface area contributed by atoms with E-state index < -0.39 is 0 Å². The molecule has 0 saturated carbocycles. The smallest absolute Gasteiger partial charge is 0.341 e. The van der Waals surface area contributed by atoms with Gasteiger partial charge in [0, 0.05) is 43.4 Å². The summed E-state index contributed by atoms with van der Waals surface area (Å²) in [5.74, 6) is 0.223. The van der Waals surface area contributed by atoms with Crippen molar-refractivity contribution in [2.24, 2.45) is 0 Å². The molecule has 0 aromatic carbocycles. The highest BCUT2D eigenvalue weighted by Gasteiger charge is 2.25. The van der Waals surface area contributed by atoms with E-state index >= 15 is 0 Å². The summed E-state index contributed by atoms with van der Waals surface area (Å²) in [6.45, 7) is 9.37. The molecule has 0 atom stereocenters. The molecule has 0 spiro atoms. The van der Waals surface area contributed by atoms with Crippen LogP contribution in [0.2, 0.25) is 0 Å². The van der Waals surface area contributed by atoms with Gasteiger partial charge in [-0.25, -0.2) is 14.8 Å². The molecule has 156 valence electrons. The van der Waals surface area contributed by atoms with Gasteiger partial charge >= 0.3 is 5.97 Å². The topological polar surface area (TPSA) is 87.7 Å². The Bertz CT molecular complexity index is 847. The SMILES string of the molecule is CCOC(=O)c1c(NC(=O)CN2CCN(c3ncccn3)CC2)sc(C)c1CC. The second-order valence-electron chi connectivity index (χ2n) is 6.78. The predicted molar refractivity (Wildman–Crippen MR) is 114 cm³/mol. The van der Waals surface area contributed by atoms with E-state index in [9.17, 15) is 9.59 Å². The molecule has 29 heavy (non-hydrogen) atoms. The van der Waals surface area contributed by atoms with Gasteiger partial charge < -0.3 is 15.0 Å². The number of aromatic nitrogens is 2. The van der Waals surface area contributed by atoms with Crippen molar-refractivity contribution < 1.29 is 14.3 Å². The number of carbonyl (C=O) groups excluding carboxylic acids is 2. The lowest BCUT2D eigenvalue weighted by atomic mass is 10.1. The van der Waals surface area contributed by atoms with Gasteiger partial charge in [-0.15, -0.1) is 11.3 Å². The minimum absolute atomic E-state index is 0.121. The lowest BCUT2D eigenvalue weighted by Gasteiger charge is -2.34. The van der Waals surface area contributed by atoms with Gasteiger partial charge in [-0.3, -0.25) is 9.69 Å². The molecule has 0 bridgehead atoms. The Balaban J connectivity index is 1.59. The molecule has 1 aliphatic rings. The van der Waals surface area contributed by atoms with Crippen LogP contribution in [0.15, 0.2) is 18.5 Å². The average molecular weight is 418 g/mol. The third kappa shape index (κ3) is 5.10. The summed E-state index contributed by atoms with van der Waals surface area (Å²) in [7, 11) is 0. The van der Waals surface area contributed by atoms with Gasteiger partial charge in [-0.2, -0.15) is 0 Å². The van der Waals surface area contributed by atoms with Gasteiger partial charge in [0.1, 0.15) is 5.00 Å². The fourth-order valence-corrected chi connectivity index (χ4v) is 4.59. The molecule has 0 aliphatic carbocycles. The highest BCUT2D eigenvalue weighted by molar-refractivity contribution is 7.16. The highest BCUT2D eigenvalue weighted by atomic mass is 32.1. The van der Waals surface area contributed by atoms with E-state index in [-0.39, 0.29) is 18.4 Å². The zero-order valence-corrected chi connectivity index (χ0v) is 17.9. The second-order valence-corrected chi connectivity index (χ2v) is 8.00. The van der Waals surface area contributed by atoms with Crippen molar-refractivity contribution in [1.82, 2.24) is 14.9 Å². The summed E-state index contributed by atoms with van der Waals surface area (Å²) < 4.78 is 5.20. The number of esters is 1. The second kappa shape index (κ2) is 9.80. The molecule has 2 aromatic rings. The van der Waals surface area contributed by atoms with Crippen molar-refractivity contribution >= 4 is 34.2 Å². The van der Waals surface area contributed by atoms with Crippen LogP contribution in [0, 0.1) is 6.92 Å². The number of carbonyl (C=O) groups is 2. The Morgan fingerprint density at radius 1 is 1.17 bits per heavy atom. The van der Waals surface area contributed by atoms with Gasteiger partial charge in [0.25, 0.3) is 0 Å². The van der Waals surface area contributed by atoms with E-state index in [2.05, 4.69) is 25.1 Å². The number of nitrogens with one attached hydrogen (secondary N) is 1. The molecule has 0 unspecified atom stereocenters. The van der Waals surface area contributed by atoms with Crippen molar-refractivity contribution in [2.75, 3.05) is 49.5 Å². The number of ether oxygens (including phenoxy) is 1. The summed E-state index contributed by atoms with van der Waals surface area (Å²) in [5.41, 5.74) is 1.44. The molecular formula is C20H27N5O3S. The van der Waals surface area contributed by atoms with Gasteiger partial charge in [-0.1, -0.05) is 6.92 Å². The maximum atomic E-state index is 12.6. The van der Waals surface area contributed by atoms with Crippen molar-refractivity contribution in [3.63, 3.8) is 0 Å². The Morgan fingerprint density at radius 3 is 2.48 bits per heavy atom. The number of piperazine rings is 1. The first kappa shape index (κ1) is 21.2. The summed E-state index contributed by atoms with van der Waals surface area (Å²) in [4.78, 5) is 38.8. The minimum atomic E-state index is -0.375. The van der Waals surface area contributed by atoms with Crippen LogP contribution in [0.1, 0.15) is 34.6 Å². The van der Waals surface area contributed by atoms with Crippen LogP contribution in [0.3, 0.4) is 0 Å². The maximum absolute atomic E-state index is 12.6. The van der Waals surface area contributed by atoms with E-state index in [1.807, 2.05) is 13.8 Å². The number of hydrogen-bond donors (Lipinski definition) is 1. The fraction of sp³-hybridized carbons (Fsp3) is 0.500. The van der Waals surface area contributed by atoms with Gasteiger partial charge in [0.15, 0.2) is 0 Å². The van der Waals surface area contributed by atoms with Crippen LogP contribution < -0.4 is 10.2 Å². The van der Waals surface area contributed by atoms with Crippen LogP contribution >= 0.6 is 11.3 Å². The van der Waals surface area contributed by atoms with E-state index in [0.717, 1.165) is 49.0 Å². The third-order valence-corrected chi connectivity index (χ3v) is 5.93. The van der Waals surface area contributed by atoms with Crippen LogP contribution in [-0.4, -0.2) is 66.1 Å². The molecule has 1 N–H and O–H groups in total. The number of nitrogens with zero attached hydrogens (tertiary/aromatic N) is 4. The van der Waals surface area contributed by atoms with E-state index in [4.69, 9.17) is 4.74 Å². The van der Waals surface area contributed by atoms with Gasteiger partial charge in [-0.05, 0) is 31.9 Å². The van der Waals surface area contributed by atoms with Crippen LogP contribution in [0.5, 0.6) is 0 Å². The van der Waals surface area contributed by atoms with E-state index in [1.165, 1.54) is 11.3 Å². The molecular weight excluding hydrogens is 390 g/mol. The van der Waals surface area contributed by atoms with Gasteiger partial charge in [0.2, 0.25) is 11.9 Å². The fourth-order valence-electron chi connectivity index (χ4n) is 3.44. The van der Waals surface area contributed by atoms with Crippen LogP contribution in [0.4, 0.5) is 10.9 Å². The standard InChI is InChI=1S/C20H27N5O3S/c1-4-15-14(3)29-18(17(15)19(27)28-5-2)23-16(26)13-24-9-11-25(12-10-24)20-21-7-6-8-22-20/h6-8H,4-5,9-13H2,1-3H3,(H,23,26). The number of rotatable bonds is 7. The molecule has 1 saturated heterocycles. The first-order chi connectivity index (χ1) is 14.0. The van der Waals surface area contributed by atoms with E-state index in [1.54, 1.807) is 25.4 Å². The highest BCUT2D eigenvalue weighted by Crippen LogP contribution is 2.34. The zero-order chi connectivity index (χ0) is 20.8. The average Bonchev–Trinajstić information content (AvgIpc) is 3.04. The van der Waals surface area contributed by atoms with Crippen molar-refractivity contribution in [2.45, 2.75) is 27.2 Å². The lowest BCUT2D eigenvalue weighted by molar-refractivity contribution is -0.117. The molecule has 1 amide bonds. The quantitative estimate of drug-likeness (QED) is 0.692. The van der Waals surface area contributed by atoms with Crippen LogP contribution in [-0.2, 0) is 16.0 Å². The predicted octanol–water partition coefficient (Wildman–Crippen LogP) is 2.35. The van der Waals surface area contributed by atoms with Crippen molar-refractivity contribution in [1.29, 1.82) is 0 Å². The zero-order valence-electron chi connectivity index (χ0n) is 17.1. The third-order valence-electron chi connectivity index (χ3n) is 4.87. The minimum Gasteiger partial charge on any atom is -0.462 e. The first-order valence-electron chi connectivity index (χ1n) is 9.87. The molecule has 0 radical (unpaired) electrons. The normalized spacial score (nSPS) is 14.7. The number of amides is 1. The molecule has 1 fully saturated rings. The number of thiophene rings is 1. The molecule has 3 heterocycles. The number of hydrogen-bond acceptors (Lipinski definition) is 8. The number of aryl methyl sites for hydroxylation is 1. The lowest BCUT2D eigenvalue weighted by Crippen LogP contribution is -2.49. The van der Waals surface area contributed by atoms with Crippen molar-refractivity contribution in [3.05, 3.63) is 34.5 Å². The molecule has 2 aromatic heterocycles. The first-order valence-corrected chi connectivity index (χ1v) is 10.7. The monoisotopic (exact) mass is 417 g/mol. The summed E-state index contributed by atoms with van der Waals surface area (Å²) >= 11 is 1.43. The molecule has 3 rings (SSSR count). The summed E-state index contributed by atoms with van der Waals surface area (Å²) in [5, 5.41) is 3.52. The Labute approximate surface area is 174 Å². The Morgan fingerprint density at radius 2 is 1.86 bits per heavy atom. The molecule has 1 aliphatic heterocycles. The van der Waals surface area contributed by atoms with Gasteiger partial charge in [0.05, 0.1) is 18.7 Å². The van der Waals surface area contributed by atoms with Crippen molar-refractivity contribution in [3.8, 4) is 0 Å². The Kier molecular flexibility index (Phi) is 7.16. The maximum Gasteiger partial charge on any atom is 0.341 e. The van der Waals surface area contributed by atoms with E-state index in [0.29, 0.717) is 17.2 Å². The molecule has 8 nitrogen and oxygen atoms in total.